The number of furan rings is 1. The zero-order chi connectivity index (χ0) is 18.1. The monoisotopic (exact) mass is 347 g/mol. The SMILES string of the molecule is CCC(C)NC(=NCc1cc(F)cc(OC)c1)NCCc1ccco1. The Morgan fingerprint density at radius 3 is 2.88 bits per heavy atom. The summed E-state index contributed by atoms with van der Waals surface area (Å²) >= 11 is 0. The maximum atomic E-state index is 13.6. The van der Waals surface area contributed by atoms with Gasteiger partial charge in [0.2, 0.25) is 0 Å². The first-order chi connectivity index (χ1) is 12.1. The predicted molar refractivity (Wildman–Crippen MR) is 97.4 cm³/mol. The van der Waals surface area contributed by atoms with Gasteiger partial charge < -0.3 is 19.8 Å². The van der Waals surface area contributed by atoms with E-state index >= 15 is 0 Å². The van der Waals surface area contributed by atoms with Crippen molar-refractivity contribution >= 4 is 5.96 Å². The second-order valence-corrected chi connectivity index (χ2v) is 5.87. The van der Waals surface area contributed by atoms with Gasteiger partial charge in [-0.25, -0.2) is 9.38 Å². The third kappa shape index (κ3) is 6.49. The van der Waals surface area contributed by atoms with Crippen LogP contribution in [0.3, 0.4) is 0 Å². The van der Waals surface area contributed by atoms with Gasteiger partial charge in [-0.1, -0.05) is 6.92 Å². The summed E-state index contributed by atoms with van der Waals surface area (Å²) in [7, 11) is 1.52. The number of guanidine groups is 1. The first-order valence-corrected chi connectivity index (χ1v) is 8.51. The van der Waals surface area contributed by atoms with Crippen molar-refractivity contribution in [2.75, 3.05) is 13.7 Å². The molecule has 136 valence electrons. The van der Waals surface area contributed by atoms with Crippen LogP contribution in [0, 0.1) is 5.82 Å². The van der Waals surface area contributed by atoms with Gasteiger partial charge in [0.25, 0.3) is 0 Å². The number of benzene rings is 1. The van der Waals surface area contributed by atoms with E-state index in [4.69, 9.17) is 9.15 Å². The lowest BCUT2D eigenvalue weighted by atomic mass is 10.2. The van der Waals surface area contributed by atoms with Crippen LogP contribution < -0.4 is 15.4 Å². The lowest BCUT2D eigenvalue weighted by molar-refractivity contribution is 0.410. The van der Waals surface area contributed by atoms with E-state index in [1.807, 2.05) is 12.1 Å². The Balaban J connectivity index is 2.00. The first-order valence-electron chi connectivity index (χ1n) is 8.51. The molecule has 0 fully saturated rings. The highest BCUT2D eigenvalue weighted by Crippen LogP contribution is 2.16. The molecule has 2 aromatic rings. The van der Waals surface area contributed by atoms with Gasteiger partial charge in [-0.05, 0) is 43.2 Å². The number of methoxy groups -OCH3 is 1. The standard InChI is InChI=1S/C19H26FN3O2/c1-4-14(2)23-19(21-8-7-17-6-5-9-25-17)22-13-15-10-16(20)12-18(11-15)24-3/h5-6,9-12,14H,4,7-8,13H2,1-3H3,(H2,21,22,23). The van der Waals surface area contributed by atoms with Gasteiger partial charge in [0.1, 0.15) is 17.3 Å². The minimum Gasteiger partial charge on any atom is -0.497 e. The molecule has 0 aliphatic carbocycles. The van der Waals surface area contributed by atoms with Crippen molar-refractivity contribution in [3.63, 3.8) is 0 Å². The van der Waals surface area contributed by atoms with Crippen LogP contribution in [0.2, 0.25) is 0 Å². The summed E-state index contributed by atoms with van der Waals surface area (Å²) in [6.07, 6.45) is 3.41. The number of hydrogen-bond donors (Lipinski definition) is 2. The molecule has 0 saturated carbocycles. The molecular weight excluding hydrogens is 321 g/mol. The van der Waals surface area contributed by atoms with Crippen LogP contribution in [0.15, 0.2) is 46.0 Å². The molecule has 6 heteroatoms. The quantitative estimate of drug-likeness (QED) is 0.567. The highest BCUT2D eigenvalue weighted by molar-refractivity contribution is 5.80. The molecule has 2 N–H and O–H groups in total. The average molecular weight is 347 g/mol. The highest BCUT2D eigenvalue weighted by atomic mass is 19.1. The fourth-order valence-corrected chi connectivity index (χ4v) is 2.25. The summed E-state index contributed by atoms with van der Waals surface area (Å²) in [5, 5.41) is 6.63. The molecule has 2 rings (SSSR count). The van der Waals surface area contributed by atoms with Crippen LogP contribution in [0.1, 0.15) is 31.6 Å². The summed E-state index contributed by atoms with van der Waals surface area (Å²) in [5.41, 5.74) is 0.758. The molecule has 0 bridgehead atoms. The molecule has 25 heavy (non-hydrogen) atoms. The van der Waals surface area contributed by atoms with Crippen molar-refractivity contribution in [1.29, 1.82) is 0 Å². The lowest BCUT2D eigenvalue weighted by Crippen LogP contribution is -2.42. The molecule has 1 aromatic carbocycles. The zero-order valence-electron chi connectivity index (χ0n) is 15.0. The van der Waals surface area contributed by atoms with Gasteiger partial charge in [-0.3, -0.25) is 0 Å². The predicted octanol–water partition coefficient (Wildman–Crippen LogP) is 3.50. The Labute approximate surface area is 148 Å². The van der Waals surface area contributed by atoms with E-state index in [1.165, 1.54) is 19.2 Å². The van der Waals surface area contributed by atoms with E-state index in [1.54, 1.807) is 12.3 Å². The van der Waals surface area contributed by atoms with Gasteiger partial charge in [-0.15, -0.1) is 0 Å². The summed E-state index contributed by atoms with van der Waals surface area (Å²) < 4.78 is 24.0. The number of rotatable bonds is 8. The number of halogens is 1. The molecule has 1 unspecified atom stereocenters. The third-order valence-electron chi connectivity index (χ3n) is 3.83. The Hall–Kier alpha value is -2.50. The van der Waals surface area contributed by atoms with Crippen LogP contribution >= 0.6 is 0 Å². The molecule has 5 nitrogen and oxygen atoms in total. The van der Waals surface area contributed by atoms with Gasteiger partial charge in [-0.2, -0.15) is 0 Å². The summed E-state index contributed by atoms with van der Waals surface area (Å²) in [5.74, 6) is 1.79. The second kappa shape index (κ2) is 9.71. The van der Waals surface area contributed by atoms with Crippen LogP contribution in [-0.2, 0) is 13.0 Å². The zero-order valence-corrected chi connectivity index (χ0v) is 15.0. The van der Waals surface area contributed by atoms with Crippen LogP contribution in [0.4, 0.5) is 4.39 Å². The molecule has 0 radical (unpaired) electrons. The molecule has 0 spiro atoms. The number of hydrogen-bond acceptors (Lipinski definition) is 3. The minimum atomic E-state index is -0.327. The molecule has 0 aliphatic rings. The van der Waals surface area contributed by atoms with Crippen molar-refractivity contribution in [1.82, 2.24) is 10.6 Å². The van der Waals surface area contributed by atoms with E-state index in [2.05, 4.69) is 29.5 Å². The molecular formula is C19H26FN3O2. The van der Waals surface area contributed by atoms with Crippen molar-refractivity contribution in [2.24, 2.45) is 4.99 Å². The normalized spacial score (nSPS) is 12.7. The Kier molecular flexibility index (Phi) is 7.32. The molecule has 0 aliphatic heterocycles. The van der Waals surface area contributed by atoms with Crippen LogP contribution in [0.5, 0.6) is 5.75 Å². The Bertz CT molecular complexity index is 671. The van der Waals surface area contributed by atoms with Gasteiger partial charge >= 0.3 is 0 Å². The molecule has 0 amide bonds. The maximum Gasteiger partial charge on any atom is 0.191 e. The Morgan fingerprint density at radius 1 is 1.36 bits per heavy atom. The van der Waals surface area contributed by atoms with Crippen molar-refractivity contribution in [3.05, 3.63) is 53.7 Å². The van der Waals surface area contributed by atoms with E-state index in [0.717, 1.165) is 24.2 Å². The molecule has 0 saturated heterocycles. The fourth-order valence-electron chi connectivity index (χ4n) is 2.25. The molecule has 1 atom stereocenters. The van der Waals surface area contributed by atoms with Crippen LogP contribution in [0.25, 0.3) is 0 Å². The molecule has 1 aromatic heterocycles. The summed E-state index contributed by atoms with van der Waals surface area (Å²) in [6.45, 7) is 5.26. The fraction of sp³-hybridized carbons (Fsp3) is 0.421. The highest BCUT2D eigenvalue weighted by Gasteiger charge is 2.06. The lowest BCUT2D eigenvalue weighted by Gasteiger charge is -2.17. The van der Waals surface area contributed by atoms with Gasteiger partial charge in [0.15, 0.2) is 5.96 Å². The van der Waals surface area contributed by atoms with E-state index < -0.39 is 0 Å². The second-order valence-electron chi connectivity index (χ2n) is 5.87. The van der Waals surface area contributed by atoms with Crippen molar-refractivity contribution in [3.8, 4) is 5.75 Å². The topological polar surface area (TPSA) is 58.8 Å². The minimum absolute atomic E-state index is 0.289. The average Bonchev–Trinajstić information content (AvgIpc) is 3.12. The van der Waals surface area contributed by atoms with E-state index in [0.29, 0.717) is 24.8 Å². The number of nitrogens with zero attached hydrogens (tertiary/aromatic N) is 1. The smallest absolute Gasteiger partial charge is 0.191 e. The van der Waals surface area contributed by atoms with Gasteiger partial charge in [0.05, 0.1) is 19.9 Å². The summed E-state index contributed by atoms with van der Waals surface area (Å²) in [6, 6.07) is 8.72. The van der Waals surface area contributed by atoms with Crippen molar-refractivity contribution in [2.45, 2.75) is 39.3 Å². The summed E-state index contributed by atoms with van der Waals surface area (Å²) in [4.78, 5) is 4.56. The first kappa shape index (κ1) is 18.8. The van der Waals surface area contributed by atoms with Gasteiger partial charge in [0, 0.05) is 25.1 Å². The van der Waals surface area contributed by atoms with E-state index in [9.17, 15) is 4.39 Å². The number of aliphatic imine (C=N–C) groups is 1. The van der Waals surface area contributed by atoms with Crippen molar-refractivity contribution < 1.29 is 13.5 Å². The van der Waals surface area contributed by atoms with Crippen LogP contribution in [-0.4, -0.2) is 25.7 Å². The Morgan fingerprint density at radius 2 is 2.20 bits per heavy atom. The van der Waals surface area contributed by atoms with E-state index in [-0.39, 0.29) is 11.9 Å². The maximum absolute atomic E-state index is 13.6. The molecule has 1 heterocycles. The third-order valence-corrected chi connectivity index (χ3v) is 3.83. The number of nitrogens with one attached hydrogen (secondary N) is 2. The number of ether oxygens (including phenoxy) is 1. The largest absolute Gasteiger partial charge is 0.497 e.